The minimum atomic E-state index is 0.104. The molecule has 24 heavy (non-hydrogen) atoms. The van der Waals surface area contributed by atoms with Crippen LogP contribution in [-0.4, -0.2) is 26.1 Å². The zero-order valence-corrected chi connectivity index (χ0v) is 15.3. The molecule has 2 atom stereocenters. The Morgan fingerprint density at radius 3 is 2.71 bits per heavy atom. The van der Waals surface area contributed by atoms with Gasteiger partial charge < -0.3 is 14.8 Å². The monoisotopic (exact) mass is 340 g/mol. The van der Waals surface area contributed by atoms with Crippen LogP contribution in [0.25, 0.3) is 0 Å². The number of aromatic nitrogens is 2. The lowest BCUT2D eigenvalue weighted by molar-refractivity contribution is 0.329. The highest BCUT2D eigenvalue weighted by Gasteiger charge is 2.41. The second-order valence-corrected chi connectivity index (χ2v) is 7.23. The van der Waals surface area contributed by atoms with E-state index < -0.39 is 0 Å². The predicted molar refractivity (Wildman–Crippen MR) is 100 cm³/mol. The van der Waals surface area contributed by atoms with Crippen molar-refractivity contribution in [3.05, 3.63) is 53.1 Å². The van der Waals surface area contributed by atoms with Crippen LogP contribution in [-0.2, 0) is 0 Å². The van der Waals surface area contributed by atoms with Crippen LogP contribution in [0.15, 0.2) is 30.5 Å². The van der Waals surface area contributed by atoms with E-state index in [1.54, 1.807) is 0 Å². The number of hydrogen-bond donors (Lipinski definition) is 1. The summed E-state index contributed by atoms with van der Waals surface area (Å²) in [6.07, 6.45) is 4.47. The van der Waals surface area contributed by atoms with Crippen LogP contribution in [0, 0.1) is 13.8 Å². The summed E-state index contributed by atoms with van der Waals surface area (Å²) in [7, 11) is 0. The zero-order chi connectivity index (χ0) is 16.8. The van der Waals surface area contributed by atoms with Gasteiger partial charge in [0.2, 0.25) is 0 Å². The average Bonchev–Trinajstić information content (AvgIpc) is 3.29. The van der Waals surface area contributed by atoms with E-state index >= 15 is 0 Å². The van der Waals surface area contributed by atoms with E-state index in [-0.39, 0.29) is 12.1 Å². The van der Waals surface area contributed by atoms with Gasteiger partial charge in [-0.05, 0) is 69.6 Å². The maximum atomic E-state index is 5.62. The molecule has 2 aromatic rings. The molecule has 5 heteroatoms. The minimum absolute atomic E-state index is 0.104. The van der Waals surface area contributed by atoms with E-state index in [0.29, 0.717) is 6.04 Å². The summed E-state index contributed by atoms with van der Waals surface area (Å²) in [5.74, 6) is 0. The molecule has 0 radical (unpaired) electrons. The molecular formula is C19H24N4S. The first kappa shape index (κ1) is 15.6. The topological polar surface area (TPSA) is 33.1 Å². The van der Waals surface area contributed by atoms with Gasteiger partial charge in [0.1, 0.15) is 0 Å². The Labute approximate surface area is 148 Å². The van der Waals surface area contributed by atoms with E-state index in [2.05, 4.69) is 52.7 Å². The van der Waals surface area contributed by atoms with Gasteiger partial charge in [-0.25, -0.2) is 0 Å². The summed E-state index contributed by atoms with van der Waals surface area (Å²) >= 11 is 5.62. The lowest BCUT2D eigenvalue weighted by Gasteiger charge is -2.27. The molecule has 2 unspecified atom stereocenters. The molecular weight excluding hydrogens is 316 g/mol. The zero-order valence-electron chi connectivity index (χ0n) is 14.5. The summed E-state index contributed by atoms with van der Waals surface area (Å²) in [5.41, 5.74) is 5.17. The third kappa shape index (κ3) is 2.42. The quantitative estimate of drug-likeness (QED) is 0.858. The largest absolute Gasteiger partial charge is 0.352 e. The Balaban J connectivity index is 1.80. The highest BCUT2D eigenvalue weighted by Crippen LogP contribution is 2.44. The molecule has 1 saturated carbocycles. The Morgan fingerprint density at radius 1 is 1.29 bits per heavy atom. The smallest absolute Gasteiger partial charge is 0.170 e. The van der Waals surface area contributed by atoms with Crippen LogP contribution in [0.2, 0.25) is 0 Å². The van der Waals surface area contributed by atoms with Crippen molar-refractivity contribution >= 4 is 17.3 Å². The molecule has 0 bridgehead atoms. The van der Waals surface area contributed by atoms with Crippen LogP contribution in [0.5, 0.6) is 0 Å². The van der Waals surface area contributed by atoms with Crippen molar-refractivity contribution in [3.63, 3.8) is 0 Å². The van der Waals surface area contributed by atoms with Gasteiger partial charge in [-0.3, -0.25) is 4.98 Å². The van der Waals surface area contributed by atoms with Crippen molar-refractivity contribution in [1.29, 1.82) is 0 Å². The fourth-order valence-corrected chi connectivity index (χ4v) is 4.45. The number of nitrogens with zero attached hydrogens (tertiary/aromatic N) is 3. The Bertz CT molecular complexity index is 763. The molecule has 1 N–H and O–H groups in total. The highest BCUT2D eigenvalue weighted by atomic mass is 32.1. The molecule has 2 fully saturated rings. The van der Waals surface area contributed by atoms with Crippen LogP contribution in [0.3, 0.4) is 0 Å². The molecule has 3 heterocycles. The lowest BCUT2D eigenvalue weighted by atomic mass is 9.97. The Morgan fingerprint density at radius 2 is 2.08 bits per heavy atom. The molecule has 4 rings (SSSR count). The van der Waals surface area contributed by atoms with Crippen LogP contribution in [0.1, 0.15) is 60.5 Å². The number of likely N-dealkylation sites (N-methyl/N-ethyl adjacent to an activating group) is 1. The fraction of sp³-hybridized carbons (Fsp3) is 0.474. The molecule has 4 nitrogen and oxygen atoms in total. The molecule has 1 aliphatic carbocycles. The predicted octanol–water partition coefficient (Wildman–Crippen LogP) is 3.83. The summed E-state index contributed by atoms with van der Waals surface area (Å²) < 4.78 is 2.51. The van der Waals surface area contributed by atoms with Crippen molar-refractivity contribution in [3.8, 4) is 0 Å². The highest BCUT2D eigenvalue weighted by molar-refractivity contribution is 7.80. The van der Waals surface area contributed by atoms with Crippen molar-refractivity contribution < 1.29 is 0 Å². The Hall–Kier alpha value is -1.88. The number of nitrogens with one attached hydrogen (secondary N) is 1. The molecule has 0 amide bonds. The van der Waals surface area contributed by atoms with Crippen molar-refractivity contribution in [2.75, 3.05) is 6.54 Å². The van der Waals surface area contributed by atoms with E-state index in [1.165, 1.54) is 29.8 Å². The second-order valence-electron chi connectivity index (χ2n) is 6.84. The maximum Gasteiger partial charge on any atom is 0.170 e. The van der Waals surface area contributed by atoms with Gasteiger partial charge in [0.15, 0.2) is 5.11 Å². The first-order valence-electron chi connectivity index (χ1n) is 8.78. The summed E-state index contributed by atoms with van der Waals surface area (Å²) in [4.78, 5) is 6.89. The maximum absolute atomic E-state index is 5.62. The van der Waals surface area contributed by atoms with Gasteiger partial charge in [-0.1, -0.05) is 6.07 Å². The van der Waals surface area contributed by atoms with Crippen LogP contribution < -0.4 is 5.32 Å². The van der Waals surface area contributed by atoms with Gasteiger partial charge in [-0.15, -0.1) is 0 Å². The SMILES string of the molecule is CCN1C(=S)NC(c2ccccn2)C1c1cc(C)n(C2CC2)c1C. The summed E-state index contributed by atoms with van der Waals surface area (Å²) in [6, 6.07) is 9.46. The van der Waals surface area contributed by atoms with E-state index in [0.717, 1.165) is 17.4 Å². The molecule has 0 spiro atoms. The summed E-state index contributed by atoms with van der Waals surface area (Å²) in [6.45, 7) is 7.54. The van der Waals surface area contributed by atoms with Gasteiger partial charge in [0.25, 0.3) is 0 Å². The van der Waals surface area contributed by atoms with Crippen LogP contribution in [0.4, 0.5) is 0 Å². The minimum Gasteiger partial charge on any atom is -0.352 e. The van der Waals surface area contributed by atoms with E-state index in [9.17, 15) is 0 Å². The third-order valence-electron chi connectivity index (χ3n) is 5.29. The number of aryl methyl sites for hydroxylation is 1. The normalized spacial score (nSPS) is 23.6. The van der Waals surface area contributed by atoms with Crippen molar-refractivity contribution in [1.82, 2.24) is 19.8 Å². The molecule has 1 saturated heterocycles. The lowest BCUT2D eigenvalue weighted by Crippen LogP contribution is -2.29. The standard InChI is InChI=1S/C19H24N4S/c1-4-22-18(15-11-12(2)23(13(15)3)14-8-9-14)17(21-19(22)24)16-7-5-6-10-20-16/h5-7,10-11,14,17-18H,4,8-9H2,1-3H3,(H,21,24). The Kier molecular flexibility index (Phi) is 3.83. The fourth-order valence-electron chi connectivity index (χ4n) is 4.08. The van der Waals surface area contributed by atoms with Crippen LogP contribution >= 0.6 is 12.2 Å². The van der Waals surface area contributed by atoms with Gasteiger partial charge >= 0.3 is 0 Å². The van der Waals surface area contributed by atoms with Gasteiger partial charge in [-0.2, -0.15) is 0 Å². The third-order valence-corrected chi connectivity index (χ3v) is 5.64. The molecule has 1 aliphatic heterocycles. The molecule has 2 aromatic heterocycles. The number of hydrogen-bond acceptors (Lipinski definition) is 2. The van der Waals surface area contributed by atoms with Crippen molar-refractivity contribution in [2.45, 2.75) is 51.7 Å². The summed E-state index contributed by atoms with van der Waals surface area (Å²) in [5, 5.41) is 4.33. The van der Waals surface area contributed by atoms with E-state index in [4.69, 9.17) is 12.2 Å². The first-order valence-corrected chi connectivity index (χ1v) is 9.19. The average molecular weight is 340 g/mol. The molecule has 0 aromatic carbocycles. The van der Waals surface area contributed by atoms with Crippen molar-refractivity contribution in [2.24, 2.45) is 0 Å². The number of pyridine rings is 1. The molecule has 126 valence electrons. The van der Waals surface area contributed by atoms with E-state index in [1.807, 2.05) is 18.3 Å². The van der Waals surface area contributed by atoms with Gasteiger partial charge in [0.05, 0.1) is 17.8 Å². The second kappa shape index (κ2) is 5.88. The number of thiocarbonyl (C=S) groups is 1. The number of rotatable bonds is 4. The first-order chi connectivity index (χ1) is 11.6. The molecule has 2 aliphatic rings. The van der Waals surface area contributed by atoms with Gasteiger partial charge in [0, 0.05) is 30.2 Å².